The second kappa shape index (κ2) is 3.55. The molecule has 0 fully saturated rings. The van der Waals surface area contributed by atoms with Crippen molar-refractivity contribution in [2.24, 2.45) is 0 Å². The van der Waals surface area contributed by atoms with Gasteiger partial charge in [-0.15, -0.1) is 52.7 Å². The normalized spacial score (nSPS) is 16.2. The smallest absolute Gasteiger partial charge is 0.115 e. The minimum atomic E-state index is -7.67. The van der Waals surface area contributed by atoms with Gasteiger partial charge in [0.15, 0.2) is 0 Å². The monoisotopic (exact) mass is 290 g/mol. The predicted molar refractivity (Wildman–Crippen MR) is 24.5 cm³/mol. The Morgan fingerprint density at radius 1 is 0.353 bits per heavy atom. The average Bonchev–Trinajstić information content (AvgIpc) is 1.67. The van der Waals surface area contributed by atoms with Crippen LogP contribution >= 0.6 is 0 Å². The number of hydrogen-bond donors (Lipinski definition) is 0. The molecule has 0 saturated carbocycles. The molecule has 0 aromatic carbocycles. The van der Waals surface area contributed by atoms with Crippen LogP contribution in [0.5, 0.6) is 0 Å². The zero-order chi connectivity index (χ0) is 14.5. The third-order valence-corrected chi connectivity index (χ3v) is 1.52. The standard InChI is InChI=1S/C4F12N/c5-1(6,7)17(2(8,9)10,3(11,12)13)4(14,15)16/q+1. The number of hydrogen-bond acceptors (Lipinski definition) is 0. The van der Waals surface area contributed by atoms with Crippen molar-refractivity contribution in [3.05, 3.63) is 0 Å². The van der Waals surface area contributed by atoms with Crippen molar-refractivity contribution in [1.82, 2.24) is 0 Å². The van der Waals surface area contributed by atoms with Gasteiger partial charge in [-0.25, -0.2) is 0 Å². The van der Waals surface area contributed by atoms with Gasteiger partial charge in [0.25, 0.3) is 0 Å². The van der Waals surface area contributed by atoms with Gasteiger partial charge in [0.2, 0.25) is 0 Å². The van der Waals surface area contributed by atoms with E-state index < -0.39 is 29.7 Å². The number of quaternary nitrogens is 1. The van der Waals surface area contributed by atoms with E-state index in [1.54, 1.807) is 0 Å². The van der Waals surface area contributed by atoms with E-state index in [1.807, 2.05) is 0 Å². The summed E-state index contributed by atoms with van der Waals surface area (Å²) in [4.78, 5) is 0. The minimum Gasteiger partial charge on any atom is -0.115 e. The van der Waals surface area contributed by atoms with Crippen molar-refractivity contribution in [1.29, 1.82) is 0 Å². The van der Waals surface area contributed by atoms with Crippen molar-refractivity contribution < 1.29 is 57.2 Å². The van der Waals surface area contributed by atoms with Crippen molar-refractivity contribution in [3.63, 3.8) is 0 Å². The molecule has 0 spiro atoms. The fraction of sp³-hybridized carbons (Fsp3) is 1.00. The topological polar surface area (TPSA) is 0 Å². The van der Waals surface area contributed by atoms with E-state index in [1.165, 1.54) is 0 Å². The van der Waals surface area contributed by atoms with Gasteiger partial charge >= 0.3 is 25.2 Å². The second-order valence-electron chi connectivity index (χ2n) is 2.54. The van der Waals surface area contributed by atoms with Crippen LogP contribution < -0.4 is 0 Å². The fourth-order valence-corrected chi connectivity index (χ4v) is 0.862. The Balaban J connectivity index is 6.37. The Bertz CT molecular complexity index is 211. The first kappa shape index (κ1) is 16.1. The van der Waals surface area contributed by atoms with Gasteiger partial charge in [-0.3, -0.25) is 0 Å². The molecule has 104 valence electrons. The molecule has 0 aliphatic rings. The van der Waals surface area contributed by atoms with E-state index in [2.05, 4.69) is 0 Å². The van der Waals surface area contributed by atoms with Crippen molar-refractivity contribution in [3.8, 4) is 0 Å². The molecule has 0 aliphatic carbocycles. The lowest BCUT2D eigenvalue weighted by atomic mass is 10.5. The Morgan fingerprint density at radius 2 is 0.471 bits per heavy atom. The van der Waals surface area contributed by atoms with Gasteiger partial charge < -0.3 is 0 Å². The van der Waals surface area contributed by atoms with Gasteiger partial charge in [-0.1, -0.05) is 0 Å². The van der Waals surface area contributed by atoms with Crippen molar-refractivity contribution in [2.75, 3.05) is 0 Å². The van der Waals surface area contributed by atoms with Gasteiger partial charge in [0.1, 0.15) is 0 Å². The molecule has 1 nitrogen and oxygen atoms in total. The summed E-state index contributed by atoms with van der Waals surface area (Å²) in [5.41, 5.74) is 0. The van der Waals surface area contributed by atoms with E-state index >= 15 is 0 Å². The van der Waals surface area contributed by atoms with E-state index in [0.717, 1.165) is 0 Å². The number of alkyl halides is 12. The van der Waals surface area contributed by atoms with Crippen LogP contribution in [0, 0.1) is 0 Å². The van der Waals surface area contributed by atoms with E-state index in [-0.39, 0.29) is 0 Å². The van der Waals surface area contributed by atoms with E-state index in [4.69, 9.17) is 0 Å². The molecule has 0 aromatic heterocycles. The molecular weight excluding hydrogens is 290 g/mol. The summed E-state index contributed by atoms with van der Waals surface area (Å²) in [5, 5.41) is 0. The molecule has 13 heteroatoms. The average molecular weight is 290 g/mol. The third kappa shape index (κ3) is 2.11. The van der Waals surface area contributed by atoms with Crippen LogP contribution in [0.15, 0.2) is 0 Å². The van der Waals surface area contributed by atoms with Crippen LogP contribution in [-0.2, 0) is 0 Å². The van der Waals surface area contributed by atoms with Crippen LogP contribution in [-0.4, -0.2) is 29.7 Å². The number of nitrogens with zero attached hydrogens (tertiary/aromatic N) is 1. The molecule has 0 rings (SSSR count). The zero-order valence-corrected chi connectivity index (χ0v) is 6.98. The highest BCUT2D eigenvalue weighted by Crippen LogP contribution is 2.58. The fourth-order valence-electron chi connectivity index (χ4n) is 0.862. The first-order valence-electron chi connectivity index (χ1n) is 3.16. The van der Waals surface area contributed by atoms with Gasteiger partial charge in [-0.05, 0) is 0 Å². The maximum absolute atomic E-state index is 11.7. The Labute approximate surface area is 83.8 Å². The highest BCUT2D eigenvalue weighted by molar-refractivity contribution is 4.55. The quantitative estimate of drug-likeness (QED) is 0.361. The molecule has 0 amide bonds. The lowest BCUT2D eigenvalue weighted by molar-refractivity contribution is -1.23. The lowest BCUT2D eigenvalue weighted by Crippen LogP contribution is -2.78. The molecule has 0 bridgehead atoms. The summed E-state index contributed by atoms with van der Waals surface area (Å²) in [6.07, 6.45) is -30.7. The molecule has 0 radical (unpaired) electrons. The number of halogens is 12. The van der Waals surface area contributed by atoms with Crippen LogP contribution in [0.25, 0.3) is 0 Å². The van der Waals surface area contributed by atoms with Gasteiger partial charge in [0, 0.05) is 4.48 Å². The van der Waals surface area contributed by atoms with Crippen LogP contribution in [0.4, 0.5) is 52.7 Å². The summed E-state index contributed by atoms with van der Waals surface area (Å²) >= 11 is 0. The molecular formula is C4F12N+. The Hall–Kier alpha value is -0.880. The largest absolute Gasteiger partial charge is 0.583 e. The van der Waals surface area contributed by atoms with Crippen molar-refractivity contribution in [2.45, 2.75) is 25.2 Å². The number of rotatable bonds is 0. The maximum Gasteiger partial charge on any atom is 0.583 e. The van der Waals surface area contributed by atoms with Gasteiger partial charge in [0.05, 0.1) is 0 Å². The summed E-state index contributed by atoms with van der Waals surface area (Å²) < 4.78 is 133. The molecule has 0 saturated heterocycles. The predicted octanol–water partition coefficient (Wildman–Crippen LogP) is 3.88. The zero-order valence-electron chi connectivity index (χ0n) is 6.98. The summed E-state index contributed by atoms with van der Waals surface area (Å²) in [6, 6.07) is 0. The van der Waals surface area contributed by atoms with Crippen molar-refractivity contribution >= 4 is 0 Å². The summed E-state index contributed by atoms with van der Waals surface area (Å²) in [5.74, 6) is 0. The Kier molecular flexibility index (Phi) is 3.37. The summed E-state index contributed by atoms with van der Waals surface area (Å²) in [7, 11) is 0. The molecule has 0 aromatic rings. The third-order valence-electron chi connectivity index (χ3n) is 1.52. The van der Waals surface area contributed by atoms with Gasteiger partial charge in [-0.2, -0.15) is 0 Å². The maximum atomic E-state index is 11.7. The highest BCUT2D eigenvalue weighted by atomic mass is 19.5. The second-order valence-corrected chi connectivity index (χ2v) is 2.54. The summed E-state index contributed by atoms with van der Waals surface area (Å²) in [6.45, 7) is 0. The molecule has 0 atom stereocenters. The molecule has 0 N–H and O–H groups in total. The van der Waals surface area contributed by atoms with Crippen LogP contribution in [0.1, 0.15) is 0 Å². The minimum absolute atomic E-state index is 6.92. The SMILES string of the molecule is FC(F)(F)[N+](C(F)(F)F)(C(F)(F)F)C(F)(F)F. The Morgan fingerprint density at radius 3 is 0.471 bits per heavy atom. The highest BCUT2D eigenvalue weighted by Gasteiger charge is 2.95. The van der Waals surface area contributed by atoms with Crippen LogP contribution in [0.3, 0.4) is 0 Å². The first-order chi connectivity index (χ1) is 7.00. The lowest BCUT2D eigenvalue weighted by Gasteiger charge is -2.38. The molecule has 17 heavy (non-hydrogen) atoms. The van der Waals surface area contributed by atoms with Crippen LogP contribution in [0.2, 0.25) is 0 Å². The van der Waals surface area contributed by atoms with E-state index in [0.29, 0.717) is 0 Å². The molecule has 0 aliphatic heterocycles. The molecule has 0 heterocycles. The van der Waals surface area contributed by atoms with E-state index in [9.17, 15) is 52.7 Å². The molecule has 0 unspecified atom stereocenters. The first-order valence-corrected chi connectivity index (χ1v) is 3.16.